The Balaban J connectivity index is 2.27. The lowest BCUT2D eigenvalue weighted by Gasteiger charge is -2.05. The fourth-order valence-electron chi connectivity index (χ4n) is 1.56. The Morgan fingerprint density at radius 1 is 1.19 bits per heavy atom. The van der Waals surface area contributed by atoms with Gasteiger partial charge in [0.1, 0.15) is 0 Å². The predicted molar refractivity (Wildman–Crippen MR) is 67.5 cm³/mol. The van der Waals surface area contributed by atoms with Gasteiger partial charge in [0.25, 0.3) is 0 Å². The Labute approximate surface area is 104 Å². The molecule has 0 aliphatic heterocycles. The Morgan fingerprint density at radius 3 is 2.69 bits per heavy atom. The number of benzene rings is 1. The topological polar surface area (TPSA) is 25.2 Å². The fourth-order valence-corrected chi connectivity index (χ4v) is 2.04. The summed E-state index contributed by atoms with van der Waals surface area (Å²) in [7, 11) is 1.83. The van der Waals surface area contributed by atoms with E-state index in [1.165, 1.54) is 0 Å². The number of hydrogen-bond acceptors (Lipinski definition) is 2. The molecule has 0 saturated heterocycles. The second-order valence-electron chi connectivity index (χ2n) is 3.44. The fraction of sp³-hybridized carbons (Fsp3) is 0.167. The van der Waals surface area contributed by atoms with E-state index in [-0.39, 0.29) is 0 Å². The first-order valence-corrected chi connectivity index (χ1v) is 5.64. The van der Waals surface area contributed by atoms with Gasteiger partial charge in [-0.15, -0.1) is 0 Å². The lowest BCUT2D eigenvalue weighted by atomic mass is 10.1. The van der Waals surface area contributed by atoms with Gasteiger partial charge in [-0.05, 0) is 23.8 Å². The maximum atomic E-state index is 6.11. The molecule has 0 fully saturated rings. The summed E-state index contributed by atoms with van der Waals surface area (Å²) in [5.74, 6) is 0.769. The van der Waals surface area contributed by atoms with E-state index in [2.05, 4.69) is 5.32 Å². The third-order valence-electron chi connectivity index (χ3n) is 2.37. The Morgan fingerprint density at radius 2 is 2.00 bits per heavy atom. The van der Waals surface area contributed by atoms with E-state index in [0.29, 0.717) is 10.0 Å². The van der Waals surface area contributed by atoms with Crippen molar-refractivity contribution in [2.75, 3.05) is 12.4 Å². The van der Waals surface area contributed by atoms with Crippen LogP contribution in [0.25, 0.3) is 0 Å². The Bertz CT molecular complexity index is 494. The second-order valence-corrected chi connectivity index (χ2v) is 4.28. The molecule has 0 amide bonds. The monoisotopic (exact) mass is 255 g/mol. The van der Waals surface area contributed by atoms with Crippen molar-refractivity contribution in [3.63, 3.8) is 0 Å². The van der Waals surface area contributed by atoms with Crippen LogP contribution in [0.1, 0.15) is 11.1 Å². The third-order valence-corrected chi connectivity index (χ3v) is 2.96. The van der Waals surface area contributed by atoms with Crippen molar-refractivity contribution in [2.24, 2.45) is 0 Å². The summed E-state index contributed by atoms with van der Waals surface area (Å²) in [6.07, 6.45) is 2.38. The summed E-state index contributed by atoms with van der Waals surface area (Å²) in [4.78, 5) is 0. The van der Waals surface area contributed by atoms with Gasteiger partial charge in [-0.3, -0.25) is 0 Å². The van der Waals surface area contributed by atoms with E-state index < -0.39 is 0 Å². The highest BCUT2D eigenvalue weighted by Crippen LogP contribution is 2.26. The molecule has 2 nitrogen and oxygen atoms in total. The van der Waals surface area contributed by atoms with Gasteiger partial charge in [0.15, 0.2) is 5.88 Å². The Hall–Kier alpha value is -1.12. The molecule has 0 saturated carbocycles. The first-order valence-electron chi connectivity index (χ1n) is 4.88. The molecule has 0 unspecified atom stereocenters. The molecule has 1 aromatic heterocycles. The molecule has 0 atom stereocenters. The standard InChI is InChI=1S/C12H11Cl2NO/c1-15-12-9(4-5-16-12)6-8-2-3-10(13)7-11(8)14/h2-5,7,15H,6H2,1H3. The zero-order valence-corrected chi connectivity index (χ0v) is 10.3. The van der Waals surface area contributed by atoms with Crippen LogP contribution in [0.15, 0.2) is 34.9 Å². The Kier molecular flexibility index (Phi) is 3.42. The van der Waals surface area contributed by atoms with E-state index in [1.807, 2.05) is 25.2 Å². The molecule has 0 aliphatic rings. The van der Waals surface area contributed by atoms with Gasteiger partial charge in [0.2, 0.25) is 0 Å². The zero-order valence-electron chi connectivity index (χ0n) is 8.76. The minimum atomic E-state index is 0.648. The lowest BCUT2D eigenvalue weighted by Crippen LogP contribution is -1.93. The molecule has 0 aliphatic carbocycles. The quantitative estimate of drug-likeness (QED) is 0.889. The molecule has 1 heterocycles. The van der Waals surface area contributed by atoms with E-state index in [9.17, 15) is 0 Å². The number of rotatable bonds is 3. The molecular weight excluding hydrogens is 245 g/mol. The summed E-state index contributed by atoms with van der Waals surface area (Å²) < 4.78 is 5.27. The molecule has 0 spiro atoms. The maximum absolute atomic E-state index is 6.11. The largest absolute Gasteiger partial charge is 0.449 e. The van der Waals surface area contributed by atoms with E-state index >= 15 is 0 Å². The molecule has 2 rings (SSSR count). The highest BCUT2D eigenvalue weighted by Gasteiger charge is 2.08. The van der Waals surface area contributed by atoms with Crippen LogP contribution in [0.3, 0.4) is 0 Å². The molecule has 84 valence electrons. The van der Waals surface area contributed by atoms with Crippen molar-refractivity contribution in [1.82, 2.24) is 0 Å². The van der Waals surface area contributed by atoms with Crippen molar-refractivity contribution in [3.05, 3.63) is 51.7 Å². The van der Waals surface area contributed by atoms with Gasteiger partial charge in [0.05, 0.1) is 6.26 Å². The van der Waals surface area contributed by atoms with Gasteiger partial charge in [-0.25, -0.2) is 0 Å². The highest BCUT2D eigenvalue weighted by molar-refractivity contribution is 6.35. The number of anilines is 1. The molecular formula is C12H11Cl2NO. The maximum Gasteiger partial charge on any atom is 0.195 e. The minimum Gasteiger partial charge on any atom is -0.449 e. The molecule has 0 bridgehead atoms. The minimum absolute atomic E-state index is 0.648. The van der Waals surface area contributed by atoms with Crippen LogP contribution < -0.4 is 5.32 Å². The van der Waals surface area contributed by atoms with Crippen LogP contribution in [0.4, 0.5) is 5.88 Å². The van der Waals surface area contributed by atoms with Crippen LogP contribution in [0.5, 0.6) is 0 Å². The second kappa shape index (κ2) is 4.81. The van der Waals surface area contributed by atoms with Crippen LogP contribution in [-0.2, 0) is 6.42 Å². The normalized spacial score (nSPS) is 10.4. The van der Waals surface area contributed by atoms with E-state index in [4.69, 9.17) is 27.6 Å². The van der Waals surface area contributed by atoms with Crippen LogP contribution in [0.2, 0.25) is 10.0 Å². The van der Waals surface area contributed by atoms with Crippen LogP contribution in [-0.4, -0.2) is 7.05 Å². The zero-order chi connectivity index (χ0) is 11.5. The smallest absolute Gasteiger partial charge is 0.195 e. The van der Waals surface area contributed by atoms with Crippen LogP contribution in [0, 0.1) is 0 Å². The SMILES string of the molecule is CNc1occc1Cc1ccc(Cl)cc1Cl. The van der Waals surface area contributed by atoms with Gasteiger partial charge >= 0.3 is 0 Å². The van der Waals surface area contributed by atoms with Gasteiger partial charge < -0.3 is 9.73 Å². The van der Waals surface area contributed by atoms with Crippen molar-refractivity contribution >= 4 is 29.1 Å². The number of halogens is 2. The summed E-state index contributed by atoms with van der Waals surface area (Å²) in [6.45, 7) is 0. The van der Waals surface area contributed by atoms with Gasteiger partial charge in [-0.1, -0.05) is 29.3 Å². The van der Waals surface area contributed by atoms with Crippen molar-refractivity contribution in [1.29, 1.82) is 0 Å². The highest BCUT2D eigenvalue weighted by atomic mass is 35.5. The molecule has 16 heavy (non-hydrogen) atoms. The van der Waals surface area contributed by atoms with Crippen LogP contribution >= 0.6 is 23.2 Å². The van der Waals surface area contributed by atoms with E-state index in [1.54, 1.807) is 12.3 Å². The summed E-state index contributed by atoms with van der Waals surface area (Å²) >= 11 is 11.9. The first kappa shape index (κ1) is 11.4. The van der Waals surface area contributed by atoms with E-state index in [0.717, 1.165) is 23.4 Å². The third kappa shape index (κ3) is 2.34. The molecule has 1 aromatic carbocycles. The van der Waals surface area contributed by atoms with Crippen molar-refractivity contribution < 1.29 is 4.42 Å². The molecule has 4 heteroatoms. The first-order chi connectivity index (χ1) is 7.70. The van der Waals surface area contributed by atoms with Crippen molar-refractivity contribution in [2.45, 2.75) is 6.42 Å². The summed E-state index contributed by atoms with van der Waals surface area (Å²) in [5, 5.41) is 4.32. The predicted octanol–water partition coefficient (Wildman–Crippen LogP) is 4.22. The number of nitrogens with one attached hydrogen (secondary N) is 1. The average Bonchev–Trinajstić information content (AvgIpc) is 2.69. The summed E-state index contributed by atoms with van der Waals surface area (Å²) in [5.41, 5.74) is 2.11. The lowest BCUT2D eigenvalue weighted by molar-refractivity contribution is 0.581. The summed E-state index contributed by atoms with van der Waals surface area (Å²) in [6, 6.07) is 7.44. The average molecular weight is 256 g/mol. The van der Waals surface area contributed by atoms with Crippen molar-refractivity contribution in [3.8, 4) is 0 Å². The molecule has 1 N–H and O–H groups in total. The molecule has 2 aromatic rings. The van der Waals surface area contributed by atoms with Gasteiger partial charge in [-0.2, -0.15) is 0 Å². The number of hydrogen-bond donors (Lipinski definition) is 1. The van der Waals surface area contributed by atoms with Gasteiger partial charge in [0, 0.05) is 29.1 Å². The molecule has 0 radical (unpaired) electrons. The number of furan rings is 1.